The van der Waals surface area contributed by atoms with Crippen LogP contribution in [0.1, 0.15) is 25.3 Å². The third kappa shape index (κ3) is 9.40. The highest BCUT2D eigenvalue weighted by atomic mass is 16.5. The van der Waals surface area contributed by atoms with E-state index in [-0.39, 0.29) is 5.91 Å². The summed E-state index contributed by atoms with van der Waals surface area (Å²) in [6.45, 7) is 9.49. The van der Waals surface area contributed by atoms with Gasteiger partial charge in [0.15, 0.2) is 5.96 Å². The lowest BCUT2D eigenvalue weighted by Gasteiger charge is -2.26. The van der Waals surface area contributed by atoms with Crippen molar-refractivity contribution in [3.8, 4) is 0 Å². The van der Waals surface area contributed by atoms with Crippen LogP contribution in [0.5, 0.6) is 0 Å². The Bertz CT molecular complexity index is 559. The predicted molar refractivity (Wildman–Crippen MR) is 109 cm³/mol. The van der Waals surface area contributed by atoms with Crippen LogP contribution < -0.4 is 16.0 Å². The van der Waals surface area contributed by atoms with Gasteiger partial charge in [0.2, 0.25) is 5.91 Å². The standard InChI is InChI=1S/C20H33N5O2/c1-2-21-20(22-10-6-12-25-13-15-27-16-14-25)23-11-9-19(26)24-17-18-7-4-3-5-8-18/h3-5,7-8H,2,6,9-17H2,1H3,(H,24,26)(H2,21,22,23). The van der Waals surface area contributed by atoms with Crippen molar-refractivity contribution in [1.82, 2.24) is 20.9 Å². The number of nitrogens with zero attached hydrogens (tertiary/aromatic N) is 2. The average Bonchev–Trinajstić information content (AvgIpc) is 2.71. The van der Waals surface area contributed by atoms with Crippen LogP contribution in [0.3, 0.4) is 0 Å². The maximum atomic E-state index is 12.0. The molecule has 0 radical (unpaired) electrons. The zero-order valence-electron chi connectivity index (χ0n) is 16.4. The van der Waals surface area contributed by atoms with Gasteiger partial charge in [0.25, 0.3) is 0 Å². The molecule has 150 valence electrons. The smallest absolute Gasteiger partial charge is 0.222 e. The monoisotopic (exact) mass is 375 g/mol. The number of hydrogen-bond acceptors (Lipinski definition) is 4. The van der Waals surface area contributed by atoms with Crippen molar-refractivity contribution >= 4 is 11.9 Å². The number of amides is 1. The Hall–Kier alpha value is -2.12. The molecular weight excluding hydrogens is 342 g/mol. The molecule has 7 nitrogen and oxygen atoms in total. The molecule has 1 amide bonds. The molecule has 0 saturated carbocycles. The van der Waals surface area contributed by atoms with E-state index in [1.807, 2.05) is 37.3 Å². The van der Waals surface area contributed by atoms with Crippen LogP contribution in [0.4, 0.5) is 0 Å². The van der Waals surface area contributed by atoms with E-state index in [4.69, 9.17) is 4.74 Å². The number of carbonyl (C=O) groups is 1. The fourth-order valence-corrected chi connectivity index (χ4v) is 2.83. The van der Waals surface area contributed by atoms with E-state index in [0.717, 1.165) is 63.9 Å². The lowest BCUT2D eigenvalue weighted by Crippen LogP contribution is -2.39. The summed E-state index contributed by atoms with van der Waals surface area (Å²) < 4.78 is 5.36. The van der Waals surface area contributed by atoms with E-state index in [0.29, 0.717) is 19.5 Å². The Kier molecular flexibility index (Phi) is 10.3. The molecule has 0 spiro atoms. The minimum atomic E-state index is 0.0366. The Labute approximate surface area is 162 Å². The Morgan fingerprint density at radius 1 is 1.15 bits per heavy atom. The molecule has 1 aliphatic heterocycles. The molecule has 0 aliphatic carbocycles. The maximum Gasteiger partial charge on any atom is 0.222 e. The van der Waals surface area contributed by atoms with Gasteiger partial charge < -0.3 is 20.7 Å². The van der Waals surface area contributed by atoms with Gasteiger partial charge in [0, 0.05) is 52.2 Å². The van der Waals surface area contributed by atoms with Gasteiger partial charge in [0.05, 0.1) is 13.2 Å². The van der Waals surface area contributed by atoms with Gasteiger partial charge in [-0.3, -0.25) is 14.7 Å². The van der Waals surface area contributed by atoms with Crippen molar-refractivity contribution in [3.63, 3.8) is 0 Å². The van der Waals surface area contributed by atoms with Crippen LogP contribution in [0.25, 0.3) is 0 Å². The van der Waals surface area contributed by atoms with Crippen molar-refractivity contribution in [1.29, 1.82) is 0 Å². The molecule has 0 aromatic heterocycles. The molecule has 1 aromatic rings. The van der Waals surface area contributed by atoms with Crippen LogP contribution in [0.2, 0.25) is 0 Å². The zero-order valence-corrected chi connectivity index (χ0v) is 16.4. The summed E-state index contributed by atoms with van der Waals surface area (Å²) in [5.74, 6) is 0.810. The highest BCUT2D eigenvalue weighted by Gasteiger charge is 2.09. The second kappa shape index (κ2) is 13.1. The second-order valence-electron chi connectivity index (χ2n) is 6.51. The fourth-order valence-electron chi connectivity index (χ4n) is 2.83. The molecule has 1 aromatic carbocycles. The lowest BCUT2D eigenvalue weighted by molar-refractivity contribution is -0.121. The van der Waals surface area contributed by atoms with Gasteiger partial charge in [0.1, 0.15) is 0 Å². The minimum absolute atomic E-state index is 0.0366. The van der Waals surface area contributed by atoms with Crippen LogP contribution in [-0.4, -0.2) is 69.2 Å². The average molecular weight is 376 g/mol. The maximum absolute atomic E-state index is 12.0. The number of morpholine rings is 1. The van der Waals surface area contributed by atoms with Crippen LogP contribution in [-0.2, 0) is 16.1 Å². The molecule has 3 N–H and O–H groups in total. The third-order valence-electron chi connectivity index (χ3n) is 4.33. The van der Waals surface area contributed by atoms with Crippen LogP contribution in [0.15, 0.2) is 35.3 Å². The summed E-state index contributed by atoms with van der Waals surface area (Å²) in [4.78, 5) is 19.0. The van der Waals surface area contributed by atoms with E-state index in [9.17, 15) is 4.79 Å². The summed E-state index contributed by atoms with van der Waals surface area (Å²) >= 11 is 0. The molecule has 1 fully saturated rings. The number of carbonyl (C=O) groups excluding carboxylic acids is 1. The Morgan fingerprint density at radius 2 is 1.93 bits per heavy atom. The molecule has 0 atom stereocenters. The first-order valence-electron chi connectivity index (χ1n) is 9.91. The Balaban J connectivity index is 1.60. The van der Waals surface area contributed by atoms with E-state index in [1.54, 1.807) is 0 Å². The van der Waals surface area contributed by atoms with Gasteiger partial charge in [-0.25, -0.2) is 0 Å². The molecule has 0 unspecified atom stereocenters. The number of rotatable bonds is 10. The summed E-state index contributed by atoms with van der Waals surface area (Å²) in [7, 11) is 0. The summed E-state index contributed by atoms with van der Waals surface area (Å²) in [5.41, 5.74) is 1.11. The number of ether oxygens (including phenoxy) is 1. The Morgan fingerprint density at radius 3 is 2.67 bits per heavy atom. The first-order valence-corrected chi connectivity index (χ1v) is 9.91. The van der Waals surface area contributed by atoms with Gasteiger partial charge in [-0.2, -0.15) is 0 Å². The number of benzene rings is 1. The second-order valence-corrected chi connectivity index (χ2v) is 6.51. The largest absolute Gasteiger partial charge is 0.379 e. The quantitative estimate of drug-likeness (QED) is 0.323. The summed E-state index contributed by atoms with van der Waals surface area (Å²) in [5, 5.41) is 9.40. The topological polar surface area (TPSA) is 78.0 Å². The molecule has 0 bridgehead atoms. The van der Waals surface area contributed by atoms with E-state index in [1.165, 1.54) is 0 Å². The molecule has 1 aliphatic rings. The lowest BCUT2D eigenvalue weighted by atomic mass is 10.2. The molecule has 1 heterocycles. The van der Waals surface area contributed by atoms with Crippen molar-refractivity contribution in [2.24, 2.45) is 4.99 Å². The molecule has 1 saturated heterocycles. The van der Waals surface area contributed by atoms with E-state index >= 15 is 0 Å². The molecule has 27 heavy (non-hydrogen) atoms. The van der Waals surface area contributed by atoms with Crippen molar-refractivity contribution in [2.45, 2.75) is 26.3 Å². The van der Waals surface area contributed by atoms with Gasteiger partial charge in [-0.15, -0.1) is 0 Å². The van der Waals surface area contributed by atoms with Gasteiger partial charge in [-0.1, -0.05) is 30.3 Å². The summed E-state index contributed by atoms with van der Waals surface area (Å²) in [6, 6.07) is 9.93. The van der Waals surface area contributed by atoms with E-state index in [2.05, 4.69) is 25.8 Å². The highest BCUT2D eigenvalue weighted by Crippen LogP contribution is 1.98. The number of aliphatic imine (C=N–C) groups is 1. The van der Waals surface area contributed by atoms with Crippen LogP contribution >= 0.6 is 0 Å². The van der Waals surface area contributed by atoms with E-state index < -0.39 is 0 Å². The molecule has 2 rings (SSSR count). The van der Waals surface area contributed by atoms with Crippen molar-refractivity contribution in [2.75, 3.05) is 52.5 Å². The number of hydrogen-bond donors (Lipinski definition) is 3. The van der Waals surface area contributed by atoms with Gasteiger partial charge in [-0.05, 0) is 18.9 Å². The molecule has 7 heteroatoms. The highest BCUT2D eigenvalue weighted by molar-refractivity contribution is 5.81. The zero-order chi connectivity index (χ0) is 19.2. The third-order valence-corrected chi connectivity index (χ3v) is 4.33. The minimum Gasteiger partial charge on any atom is -0.379 e. The number of nitrogens with one attached hydrogen (secondary N) is 3. The predicted octanol–water partition coefficient (Wildman–Crippen LogP) is 0.970. The van der Waals surface area contributed by atoms with Crippen LogP contribution in [0, 0.1) is 0 Å². The number of guanidine groups is 1. The van der Waals surface area contributed by atoms with Gasteiger partial charge >= 0.3 is 0 Å². The SMILES string of the molecule is CCNC(=NCCCN1CCOCC1)NCCC(=O)NCc1ccccc1. The summed E-state index contributed by atoms with van der Waals surface area (Å²) in [6.07, 6.45) is 1.44. The first kappa shape index (κ1) is 21.2. The fraction of sp³-hybridized carbons (Fsp3) is 0.600. The van der Waals surface area contributed by atoms with Crippen molar-refractivity contribution < 1.29 is 9.53 Å². The molecular formula is C20H33N5O2. The normalized spacial score (nSPS) is 15.4. The van der Waals surface area contributed by atoms with Crippen molar-refractivity contribution in [3.05, 3.63) is 35.9 Å². The first-order chi connectivity index (χ1) is 13.3.